The first kappa shape index (κ1) is 12.1. The van der Waals surface area contributed by atoms with Crippen LogP contribution in [0.3, 0.4) is 0 Å². The van der Waals surface area contributed by atoms with Crippen LogP contribution in [0.5, 0.6) is 0 Å². The van der Waals surface area contributed by atoms with Crippen molar-refractivity contribution in [1.29, 1.82) is 0 Å². The Morgan fingerprint density at radius 3 is 2.95 bits per heavy atom. The predicted molar refractivity (Wildman–Crippen MR) is 77.9 cm³/mol. The smallest absolute Gasteiger partial charge is 0.0682 e. The van der Waals surface area contributed by atoms with Crippen LogP contribution in [0.1, 0.15) is 29.2 Å². The average molecular weight is 254 g/mol. The molecule has 0 aromatic heterocycles. The van der Waals surface area contributed by atoms with E-state index in [1.54, 1.807) is 0 Å². The maximum absolute atomic E-state index is 9.17. The second kappa shape index (κ2) is 4.94. The van der Waals surface area contributed by atoms with Crippen LogP contribution in [-0.2, 0) is 13.0 Å². The topological polar surface area (TPSA) is 58.3 Å². The first-order valence-electron chi connectivity index (χ1n) is 6.61. The van der Waals surface area contributed by atoms with Crippen LogP contribution < -0.4 is 11.1 Å². The van der Waals surface area contributed by atoms with Gasteiger partial charge in [-0.1, -0.05) is 18.2 Å². The van der Waals surface area contributed by atoms with E-state index in [1.165, 1.54) is 11.1 Å². The summed E-state index contributed by atoms with van der Waals surface area (Å²) in [7, 11) is 0. The van der Waals surface area contributed by atoms with Gasteiger partial charge in [0.2, 0.25) is 0 Å². The number of nitrogens with two attached hydrogens (primary N) is 1. The fourth-order valence-corrected chi connectivity index (χ4v) is 2.75. The Kier molecular flexibility index (Phi) is 3.13. The summed E-state index contributed by atoms with van der Waals surface area (Å²) >= 11 is 0. The molecule has 3 heteroatoms. The number of aryl methyl sites for hydroxylation is 1. The summed E-state index contributed by atoms with van der Waals surface area (Å²) in [6, 6.07) is 14.4. The molecule has 1 unspecified atom stereocenters. The number of rotatable bonds is 3. The number of aliphatic hydroxyl groups excluding tert-OH is 1. The summed E-state index contributed by atoms with van der Waals surface area (Å²) in [5.74, 6) is 0. The highest BCUT2D eigenvalue weighted by Crippen LogP contribution is 2.34. The van der Waals surface area contributed by atoms with Gasteiger partial charge in [-0.05, 0) is 53.8 Å². The lowest BCUT2D eigenvalue weighted by atomic mass is 10.1. The Labute approximate surface area is 113 Å². The number of aliphatic hydroxyl groups is 1. The van der Waals surface area contributed by atoms with Crippen LogP contribution >= 0.6 is 0 Å². The molecule has 19 heavy (non-hydrogen) atoms. The number of anilines is 2. The molecule has 1 atom stereocenters. The summed E-state index contributed by atoms with van der Waals surface area (Å²) in [5, 5.41) is 12.7. The van der Waals surface area contributed by atoms with Gasteiger partial charge in [-0.2, -0.15) is 0 Å². The predicted octanol–water partition coefficient (Wildman–Crippen LogP) is 2.86. The standard InChI is InChI=1S/C16H18N2O/c17-13-5-6-15-12(9-13)4-7-16(15)18-14-3-1-2-11(8-14)10-19/h1-3,5-6,8-9,16,18-19H,4,7,10,17H2. The Bertz CT molecular complexity index is 595. The third-order valence-electron chi connectivity index (χ3n) is 3.70. The van der Waals surface area contributed by atoms with Gasteiger partial charge in [0.05, 0.1) is 12.6 Å². The molecular formula is C16H18N2O. The van der Waals surface area contributed by atoms with E-state index < -0.39 is 0 Å². The normalized spacial score (nSPS) is 17.2. The average Bonchev–Trinajstić information content (AvgIpc) is 2.81. The number of nitrogens with one attached hydrogen (secondary N) is 1. The molecule has 0 spiro atoms. The highest BCUT2D eigenvalue weighted by atomic mass is 16.3. The molecule has 3 rings (SSSR count). The zero-order valence-electron chi connectivity index (χ0n) is 10.8. The highest BCUT2D eigenvalue weighted by Gasteiger charge is 2.22. The first-order chi connectivity index (χ1) is 9.26. The fraction of sp³-hybridized carbons (Fsp3) is 0.250. The van der Waals surface area contributed by atoms with Gasteiger partial charge in [0.15, 0.2) is 0 Å². The minimum Gasteiger partial charge on any atom is -0.399 e. The summed E-state index contributed by atoms with van der Waals surface area (Å²) in [5.41, 5.74) is 11.3. The van der Waals surface area contributed by atoms with Crippen molar-refractivity contribution in [2.75, 3.05) is 11.1 Å². The van der Waals surface area contributed by atoms with E-state index in [-0.39, 0.29) is 6.61 Å². The molecule has 0 saturated carbocycles. The van der Waals surface area contributed by atoms with Crippen molar-refractivity contribution in [1.82, 2.24) is 0 Å². The molecule has 0 radical (unpaired) electrons. The SMILES string of the molecule is Nc1ccc2c(c1)CCC2Nc1cccc(CO)c1. The molecule has 0 amide bonds. The lowest BCUT2D eigenvalue weighted by Gasteiger charge is -2.16. The zero-order chi connectivity index (χ0) is 13.2. The van der Waals surface area contributed by atoms with Gasteiger partial charge in [0.1, 0.15) is 0 Å². The van der Waals surface area contributed by atoms with E-state index in [0.717, 1.165) is 29.8 Å². The van der Waals surface area contributed by atoms with Gasteiger partial charge in [0, 0.05) is 11.4 Å². The van der Waals surface area contributed by atoms with Crippen LogP contribution in [0.2, 0.25) is 0 Å². The molecule has 98 valence electrons. The van der Waals surface area contributed by atoms with Gasteiger partial charge < -0.3 is 16.2 Å². The number of nitrogen functional groups attached to an aromatic ring is 1. The summed E-state index contributed by atoms with van der Waals surface area (Å²) < 4.78 is 0. The maximum atomic E-state index is 9.17. The Morgan fingerprint density at radius 1 is 1.21 bits per heavy atom. The molecule has 0 aliphatic heterocycles. The Hall–Kier alpha value is -2.00. The first-order valence-corrected chi connectivity index (χ1v) is 6.61. The van der Waals surface area contributed by atoms with Crippen LogP contribution in [0, 0.1) is 0 Å². The number of benzene rings is 2. The van der Waals surface area contributed by atoms with Crippen LogP contribution in [-0.4, -0.2) is 5.11 Å². The van der Waals surface area contributed by atoms with Gasteiger partial charge in [-0.25, -0.2) is 0 Å². The van der Waals surface area contributed by atoms with E-state index in [9.17, 15) is 0 Å². The highest BCUT2D eigenvalue weighted by molar-refractivity contribution is 5.53. The van der Waals surface area contributed by atoms with Crippen molar-refractivity contribution in [3.63, 3.8) is 0 Å². The zero-order valence-corrected chi connectivity index (χ0v) is 10.8. The number of hydrogen-bond acceptors (Lipinski definition) is 3. The molecule has 2 aromatic rings. The van der Waals surface area contributed by atoms with E-state index in [4.69, 9.17) is 10.8 Å². The van der Waals surface area contributed by atoms with Crippen LogP contribution in [0.4, 0.5) is 11.4 Å². The Morgan fingerprint density at radius 2 is 2.11 bits per heavy atom. The maximum Gasteiger partial charge on any atom is 0.0682 e. The lowest BCUT2D eigenvalue weighted by Crippen LogP contribution is -2.07. The second-order valence-corrected chi connectivity index (χ2v) is 5.05. The largest absolute Gasteiger partial charge is 0.399 e. The molecule has 0 fully saturated rings. The minimum absolute atomic E-state index is 0.0767. The Balaban J connectivity index is 1.82. The van der Waals surface area contributed by atoms with Gasteiger partial charge in [0.25, 0.3) is 0 Å². The van der Waals surface area contributed by atoms with Crippen molar-refractivity contribution in [2.24, 2.45) is 0 Å². The fourth-order valence-electron chi connectivity index (χ4n) is 2.75. The van der Waals surface area contributed by atoms with Crippen molar-refractivity contribution >= 4 is 11.4 Å². The van der Waals surface area contributed by atoms with Crippen molar-refractivity contribution < 1.29 is 5.11 Å². The monoisotopic (exact) mass is 254 g/mol. The van der Waals surface area contributed by atoms with E-state index in [1.807, 2.05) is 30.3 Å². The quantitative estimate of drug-likeness (QED) is 0.738. The minimum atomic E-state index is 0.0767. The molecule has 0 saturated heterocycles. The van der Waals surface area contributed by atoms with E-state index >= 15 is 0 Å². The second-order valence-electron chi connectivity index (χ2n) is 5.05. The van der Waals surface area contributed by atoms with Crippen LogP contribution in [0.15, 0.2) is 42.5 Å². The lowest BCUT2D eigenvalue weighted by molar-refractivity contribution is 0.282. The molecule has 1 aliphatic carbocycles. The van der Waals surface area contributed by atoms with Crippen molar-refractivity contribution in [3.05, 3.63) is 59.2 Å². The summed E-state index contributed by atoms with van der Waals surface area (Å²) in [6.45, 7) is 0.0767. The third-order valence-corrected chi connectivity index (χ3v) is 3.70. The molecule has 3 nitrogen and oxygen atoms in total. The van der Waals surface area contributed by atoms with Gasteiger partial charge in [-0.3, -0.25) is 0 Å². The molecule has 4 N–H and O–H groups in total. The summed E-state index contributed by atoms with van der Waals surface area (Å²) in [4.78, 5) is 0. The van der Waals surface area contributed by atoms with Crippen LogP contribution in [0.25, 0.3) is 0 Å². The van der Waals surface area contributed by atoms with Crippen molar-refractivity contribution in [2.45, 2.75) is 25.5 Å². The van der Waals surface area contributed by atoms with E-state index in [2.05, 4.69) is 17.4 Å². The summed E-state index contributed by atoms with van der Waals surface area (Å²) in [6.07, 6.45) is 2.15. The molecule has 0 heterocycles. The molecular weight excluding hydrogens is 236 g/mol. The third kappa shape index (κ3) is 2.42. The van der Waals surface area contributed by atoms with E-state index in [0.29, 0.717) is 6.04 Å². The number of hydrogen-bond donors (Lipinski definition) is 3. The number of fused-ring (bicyclic) bond motifs is 1. The van der Waals surface area contributed by atoms with Gasteiger partial charge >= 0.3 is 0 Å². The van der Waals surface area contributed by atoms with Crippen molar-refractivity contribution in [3.8, 4) is 0 Å². The molecule has 2 aromatic carbocycles. The molecule has 1 aliphatic rings. The molecule has 0 bridgehead atoms. The van der Waals surface area contributed by atoms with Gasteiger partial charge in [-0.15, -0.1) is 0 Å².